The van der Waals surface area contributed by atoms with Gasteiger partial charge in [0.1, 0.15) is 0 Å². The first-order valence-corrected chi connectivity index (χ1v) is 7.72. The lowest BCUT2D eigenvalue weighted by atomic mass is 9.95. The molecule has 5 nitrogen and oxygen atoms in total. The maximum atomic E-state index is 12.4. The number of amides is 1. The molecule has 1 aliphatic rings. The topological polar surface area (TPSA) is 62.5 Å². The molecule has 1 aromatic heterocycles. The van der Waals surface area contributed by atoms with Gasteiger partial charge in [0, 0.05) is 45.1 Å². The standard InChI is InChI=1S/C16H26N4O.ClH/c1-3-6-16(2,17)15(21)20-11-9-19(10-12-20)13-14-4-7-18-8-5-14;/h4-5,7-8H,3,6,9-13,17H2,1-2H3;1H. The Morgan fingerprint density at radius 1 is 1.27 bits per heavy atom. The number of nitrogens with two attached hydrogens (primary N) is 1. The molecule has 22 heavy (non-hydrogen) atoms. The van der Waals surface area contributed by atoms with Gasteiger partial charge in [0.15, 0.2) is 0 Å². The van der Waals surface area contributed by atoms with Crippen LogP contribution in [0.5, 0.6) is 0 Å². The van der Waals surface area contributed by atoms with Gasteiger partial charge >= 0.3 is 0 Å². The fourth-order valence-electron chi connectivity index (χ4n) is 2.84. The van der Waals surface area contributed by atoms with Crippen LogP contribution in [0.25, 0.3) is 0 Å². The molecule has 1 saturated heterocycles. The van der Waals surface area contributed by atoms with Crippen molar-refractivity contribution in [2.45, 2.75) is 38.8 Å². The summed E-state index contributed by atoms with van der Waals surface area (Å²) in [5.41, 5.74) is 6.69. The molecule has 0 spiro atoms. The number of hydrogen-bond acceptors (Lipinski definition) is 4. The second-order valence-corrected chi connectivity index (χ2v) is 6.09. The highest BCUT2D eigenvalue weighted by molar-refractivity contribution is 5.86. The summed E-state index contributed by atoms with van der Waals surface area (Å²) >= 11 is 0. The first-order valence-electron chi connectivity index (χ1n) is 7.72. The third-order valence-corrected chi connectivity index (χ3v) is 4.07. The minimum atomic E-state index is -0.720. The molecule has 124 valence electrons. The Labute approximate surface area is 139 Å². The minimum absolute atomic E-state index is 0. The van der Waals surface area contributed by atoms with Crippen molar-refractivity contribution in [3.8, 4) is 0 Å². The maximum absolute atomic E-state index is 12.4. The summed E-state index contributed by atoms with van der Waals surface area (Å²) < 4.78 is 0. The first kappa shape index (κ1) is 18.9. The van der Waals surface area contributed by atoms with Crippen molar-refractivity contribution in [2.75, 3.05) is 26.2 Å². The van der Waals surface area contributed by atoms with Crippen LogP contribution < -0.4 is 5.73 Å². The number of nitrogens with zero attached hydrogens (tertiary/aromatic N) is 3. The summed E-state index contributed by atoms with van der Waals surface area (Å²) in [6, 6.07) is 4.07. The lowest BCUT2D eigenvalue weighted by Gasteiger charge is -2.38. The Balaban J connectivity index is 0.00000242. The molecule has 2 N–H and O–H groups in total. The van der Waals surface area contributed by atoms with E-state index < -0.39 is 5.54 Å². The van der Waals surface area contributed by atoms with Gasteiger partial charge < -0.3 is 10.6 Å². The van der Waals surface area contributed by atoms with Gasteiger partial charge in [-0.3, -0.25) is 14.7 Å². The third-order valence-electron chi connectivity index (χ3n) is 4.07. The molecule has 0 aliphatic carbocycles. The molecular weight excluding hydrogens is 300 g/mol. The van der Waals surface area contributed by atoms with Crippen LogP contribution in [0.15, 0.2) is 24.5 Å². The van der Waals surface area contributed by atoms with Crippen LogP contribution in [0, 0.1) is 0 Å². The fraction of sp³-hybridized carbons (Fsp3) is 0.625. The monoisotopic (exact) mass is 326 g/mol. The molecule has 1 unspecified atom stereocenters. The van der Waals surface area contributed by atoms with E-state index in [-0.39, 0.29) is 18.3 Å². The highest BCUT2D eigenvalue weighted by Crippen LogP contribution is 2.15. The minimum Gasteiger partial charge on any atom is -0.339 e. The third kappa shape index (κ3) is 4.93. The molecule has 0 saturated carbocycles. The van der Waals surface area contributed by atoms with E-state index in [1.54, 1.807) is 0 Å². The number of carbonyl (C=O) groups excluding carboxylic acids is 1. The van der Waals surface area contributed by atoms with Crippen molar-refractivity contribution in [3.05, 3.63) is 30.1 Å². The first-order chi connectivity index (χ1) is 10.0. The van der Waals surface area contributed by atoms with Crippen molar-refractivity contribution in [1.82, 2.24) is 14.8 Å². The SMILES string of the molecule is CCCC(C)(N)C(=O)N1CCN(Cc2ccncc2)CC1.Cl. The normalized spacial score (nSPS) is 18.4. The Hall–Kier alpha value is -1.17. The van der Waals surface area contributed by atoms with Crippen LogP contribution in [-0.4, -0.2) is 52.4 Å². The van der Waals surface area contributed by atoms with E-state index in [4.69, 9.17) is 5.73 Å². The zero-order valence-electron chi connectivity index (χ0n) is 13.5. The predicted octanol–water partition coefficient (Wildman–Crippen LogP) is 1.67. The van der Waals surface area contributed by atoms with Crippen LogP contribution in [-0.2, 0) is 11.3 Å². The summed E-state index contributed by atoms with van der Waals surface area (Å²) in [6.45, 7) is 8.15. The second-order valence-electron chi connectivity index (χ2n) is 6.09. The van der Waals surface area contributed by atoms with Gasteiger partial charge in [-0.15, -0.1) is 12.4 Å². The molecule has 0 aromatic carbocycles. The van der Waals surface area contributed by atoms with Crippen molar-refractivity contribution >= 4 is 18.3 Å². The van der Waals surface area contributed by atoms with Crippen LogP contribution in [0.4, 0.5) is 0 Å². The molecule has 0 radical (unpaired) electrons. The van der Waals surface area contributed by atoms with Crippen LogP contribution >= 0.6 is 12.4 Å². The molecule has 1 atom stereocenters. The molecule has 1 aromatic rings. The molecule has 2 heterocycles. The Bertz CT molecular complexity index is 458. The van der Waals surface area contributed by atoms with Crippen molar-refractivity contribution in [3.63, 3.8) is 0 Å². The van der Waals surface area contributed by atoms with Gasteiger partial charge in [-0.25, -0.2) is 0 Å². The summed E-state index contributed by atoms with van der Waals surface area (Å²) in [5, 5.41) is 0. The van der Waals surface area contributed by atoms with Gasteiger partial charge in [-0.2, -0.15) is 0 Å². The smallest absolute Gasteiger partial charge is 0.242 e. The predicted molar refractivity (Wildman–Crippen MR) is 90.8 cm³/mol. The molecule has 6 heteroatoms. The van der Waals surface area contributed by atoms with E-state index in [2.05, 4.69) is 16.8 Å². The van der Waals surface area contributed by atoms with Crippen LogP contribution in [0.3, 0.4) is 0 Å². The summed E-state index contributed by atoms with van der Waals surface area (Å²) in [7, 11) is 0. The molecule has 1 aliphatic heterocycles. The Morgan fingerprint density at radius 2 is 1.86 bits per heavy atom. The molecule has 2 rings (SSSR count). The van der Waals surface area contributed by atoms with Crippen LogP contribution in [0.1, 0.15) is 32.3 Å². The Morgan fingerprint density at radius 3 is 2.41 bits per heavy atom. The zero-order chi connectivity index (χ0) is 15.3. The average Bonchev–Trinajstić information content (AvgIpc) is 2.48. The largest absolute Gasteiger partial charge is 0.339 e. The number of piperazine rings is 1. The number of aromatic nitrogens is 1. The molecule has 1 fully saturated rings. The van der Waals surface area contributed by atoms with Crippen molar-refractivity contribution in [1.29, 1.82) is 0 Å². The van der Waals surface area contributed by atoms with E-state index in [1.165, 1.54) is 5.56 Å². The van der Waals surface area contributed by atoms with Gasteiger partial charge in [-0.05, 0) is 31.0 Å². The van der Waals surface area contributed by atoms with E-state index in [0.29, 0.717) is 0 Å². The Kier molecular flexibility index (Phi) is 7.26. The van der Waals surface area contributed by atoms with E-state index in [9.17, 15) is 4.79 Å². The highest BCUT2D eigenvalue weighted by Gasteiger charge is 2.33. The van der Waals surface area contributed by atoms with E-state index >= 15 is 0 Å². The lowest BCUT2D eigenvalue weighted by molar-refractivity contribution is -0.138. The van der Waals surface area contributed by atoms with Gasteiger partial charge in [-0.1, -0.05) is 13.3 Å². The number of rotatable bonds is 5. The summed E-state index contributed by atoms with van der Waals surface area (Å²) in [5.74, 6) is 0.0907. The van der Waals surface area contributed by atoms with Crippen molar-refractivity contribution < 1.29 is 4.79 Å². The second kappa shape index (κ2) is 8.46. The lowest BCUT2D eigenvalue weighted by Crippen LogP contribution is -2.58. The number of hydrogen-bond donors (Lipinski definition) is 1. The van der Waals surface area contributed by atoms with Gasteiger partial charge in [0.05, 0.1) is 5.54 Å². The van der Waals surface area contributed by atoms with Crippen LogP contribution in [0.2, 0.25) is 0 Å². The average molecular weight is 327 g/mol. The number of halogens is 1. The van der Waals surface area contributed by atoms with Gasteiger partial charge in [0.25, 0.3) is 0 Å². The fourth-order valence-corrected chi connectivity index (χ4v) is 2.84. The van der Waals surface area contributed by atoms with Gasteiger partial charge in [0.2, 0.25) is 5.91 Å². The highest BCUT2D eigenvalue weighted by atomic mass is 35.5. The number of pyridine rings is 1. The van der Waals surface area contributed by atoms with Crippen molar-refractivity contribution in [2.24, 2.45) is 5.73 Å². The molecule has 1 amide bonds. The van der Waals surface area contributed by atoms with E-state index in [1.807, 2.05) is 36.4 Å². The zero-order valence-corrected chi connectivity index (χ0v) is 14.3. The molecular formula is C16H27ClN4O. The number of carbonyl (C=O) groups is 1. The summed E-state index contributed by atoms with van der Waals surface area (Å²) in [4.78, 5) is 20.8. The maximum Gasteiger partial charge on any atom is 0.242 e. The quantitative estimate of drug-likeness (QED) is 0.894. The molecule has 0 bridgehead atoms. The van der Waals surface area contributed by atoms with E-state index in [0.717, 1.165) is 45.6 Å². The summed E-state index contributed by atoms with van der Waals surface area (Å²) in [6.07, 6.45) is 5.31.